The van der Waals surface area contributed by atoms with E-state index in [0.717, 1.165) is 32.6 Å². The average Bonchev–Trinajstić information content (AvgIpc) is 3.15. The number of aryl methyl sites for hydroxylation is 1. The molecule has 4 rings (SSSR count). The van der Waals surface area contributed by atoms with Crippen molar-refractivity contribution in [3.05, 3.63) is 71.0 Å². The molecule has 1 aliphatic heterocycles. The Labute approximate surface area is 181 Å². The van der Waals surface area contributed by atoms with Crippen LogP contribution in [-0.4, -0.2) is 33.7 Å². The Morgan fingerprint density at radius 2 is 1.74 bits per heavy atom. The van der Waals surface area contributed by atoms with E-state index < -0.39 is 17.5 Å². The number of amides is 3. The molecule has 0 saturated carbocycles. The van der Waals surface area contributed by atoms with Gasteiger partial charge in [-0.1, -0.05) is 42.5 Å². The van der Waals surface area contributed by atoms with Crippen molar-refractivity contribution in [3.63, 3.8) is 0 Å². The van der Waals surface area contributed by atoms with Crippen LogP contribution in [0.5, 0.6) is 0 Å². The summed E-state index contributed by atoms with van der Waals surface area (Å²) in [5.74, 6) is -0.662. The predicted octanol–water partition coefficient (Wildman–Crippen LogP) is 4.49. The number of imide groups is 1. The molecule has 160 valence electrons. The van der Waals surface area contributed by atoms with Gasteiger partial charge < -0.3 is 9.88 Å². The Morgan fingerprint density at radius 1 is 1.06 bits per heavy atom. The number of carbonyl (C=O) groups is 3. The first-order chi connectivity index (χ1) is 14.6. The maximum absolute atomic E-state index is 13.4. The zero-order chi connectivity index (χ0) is 22.5. The van der Waals surface area contributed by atoms with E-state index in [1.165, 1.54) is 0 Å². The van der Waals surface area contributed by atoms with Gasteiger partial charge in [0.15, 0.2) is 5.78 Å². The summed E-state index contributed by atoms with van der Waals surface area (Å²) in [6.45, 7) is 9.38. The van der Waals surface area contributed by atoms with Gasteiger partial charge in [-0.25, -0.2) is 4.79 Å². The number of hydrogen-bond acceptors (Lipinski definition) is 3. The standard InChI is InChI=1S/C25H27N3O3/c1-15(2)28-16(3)13-20(17(28)4)22(29)14-27-23(30)25(5,26-24(27)31)21-12-8-10-18-9-6-7-11-19(18)21/h6-13,15H,14H2,1-5H3,(H,26,31). The zero-order valence-electron chi connectivity index (χ0n) is 18.5. The van der Waals surface area contributed by atoms with Crippen LogP contribution in [0.15, 0.2) is 48.5 Å². The largest absolute Gasteiger partial charge is 0.346 e. The Morgan fingerprint density at radius 3 is 2.42 bits per heavy atom. The molecule has 3 amide bonds. The van der Waals surface area contributed by atoms with Crippen LogP contribution in [0.4, 0.5) is 4.79 Å². The second-order valence-corrected chi connectivity index (χ2v) is 8.64. The molecule has 0 radical (unpaired) electrons. The highest BCUT2D eigenvalue weighted by Crippen LogP contribution is 2.34. The minimum absolute atomic E-state index is 0.216. The highest BCUT2D eigenvalue weighted by Gasteiger charge is 2.50. The predicted molar refractivity (Wildman–Crippen MR) is 120 cm³/mol. The second kappa shape index (κ2) is 7.38. The number of nitrogens with zero attached hydrogens (tertiary/aromatic N) is 2. The lowest BCUT2D eigenvalue weighted by molar-refractivity contribution is -0.130. The molecular weight excluding hydrogens is 390 g/mol. The monoisotopic (exact) mass is 417 g/mol. The van der Waals surface area contributed by atoms with Gasteiger partial charge in [0.1, 0.15) is 5.54 Å². The van der Waals surface area contributed by atoms with Gasteiger partial charge in [-0.3, -0.25) is 14.5 Å². The molecule has 31 heavy (non-hydrogen) atoms. The van der Waals surface area contributed by atoms with E-state index in [4.69, 9.17) is 0 Å². The number of rotatable bonds is 5. The van der Waals surface area contributed by atoms with E-state index in [0.29, 0.717) is 5.56 Å². The van der Waals surface area contributed by atoms with E-state index in [-0.39, 0.29) is 18.4 Å². The number of aromatic nitrogens is 1. The molecule has 2 heterocycles. The van der Waals surface area contributed by atoms with E-state index in [9.17, 15) is 14.4 Å². The van der Waals surface area contributed by atoms with Crippen LogP contribution >= 0.6 is 0 Å². The Balaban J connectivity index is 1.66. The van der Waals surface area contributed by atoms with E-state index in [1.807, 2.05) is 62.4 Å². The van der Waals surface area contributed by atoms with E-state index >= 15 is 0 Å². The van der Waals surface area contributed by atoms with E-state index in [1.54, 1.807) is 6.92 Å². The molecule has 1 aromatic heterocycles. The van der Waals surface area contributed by atoms with Crippen LogP contribution < -0.4 is 5.32 Å². The Kier molecular flexibility index (Phi) is 4.96. The van der Waals surface area contributed by atoms with Crippen molar-refractivity contribution >= 4 is 28.5 Å². The summed E-state index contributed by atoms with van der Waals surface area (Å²) in [4.78, 5) is 40.3. The number of carbonyl (C=O) groups excluding carboxylic acids is 3. The summed E-state index contributed by atoms with van der Waals surface area (Å²) in [5, 5.41) is 4.71. The van der Waals surface area contributed by atoms with Crippen molar-refractivity contribution in [1.29, 1.82) is 0 Å². The Hall–Kier alpha value is -3.41. The van der Waals surface area contributed by atoms with Crippen LogP contribution in [0.3, 0.4) is 0 Å². The van der Waals surface area contributed by atoms with Crippen molar-refractivity contribution in [2.45, 2.75) is 46.2 Å². The molecule has 2 aromatic carbocycles. The van der Waals surface area contributed by atoms with E-state index in [2.05, 4.69) is 23.7 Å². The topological polar surface area (TPSA) is 71.4 Å². The molecular formula is C25H27N3O3. The number of Topliss-reactive ketones (excluding diaryl/α,β-unsaturated/α-hetero) is 1. The van der Waals surface area contributed by atoms with Crippen molar-refractivity contribution in [2.75, 3.05) is 6.54 Å². The third-order valence-electron chi connectivity index (χ3n) is 6.21. The van der Waals surface area contributed by atoms with Gasteiger partial charge in [0.2, 0.25) is 0 Å². The highest BCUT2D eigenvalue weighted by atomic mass is 16.2. The minimum atomic E-state index is -1.23. The molecule has 1 atom stereocenters. The van der Waals surface area contributed by atoms with Crippen LogP contribution in [0.25, 0.3) is 10.8 Å². The summed E-state index contributed by atoms with van der Waals surface area (Å²) in [5.41, 5.74) is 1.87. The summed E-state index contributed by atoms with van der Waals surface area (Å²) in [6.07, 6.45) is 0. The fourth-order valence-electron chi connectivity index (χ4n) is 4.77. The molecule has 1 unspecified atom stereocenters. The number of hydrogen-bond donors (Lipinski definition) is 1. The fraction of sp³-hybridized carbons (Fsp3) is 0.320. The lowest BCUT2D eigenvalue weighted by atomic mass is 9.88. The molecule has 1 fully saturated rings. The van der Waals surface area contributed by atoms with Gasteiger partial charge in [-0.15, -0.1) is 0 Å². The van der Waals surface area contributed by atoms with Crippen molar-refractivity contribution in [3.8, 4) is 0 Å². The van der Waals surface area contributed by atoms with Crippen LogP contribution in [0.2, 0.25) is 0 Å². The summed E-state index contributed by atoms with van der Waals surface area (Å²) in [7, 11) is 0. The maximum Gasteiger partial charge on any atom is 0.325 e. The molecule has 0 bridgehead atoms. The first-order valence-electron chi connectivity index (χ1n) is 10.5. The third-order valence-corrected chi connectivity index (χ3v) is 6.21. The van der Waals surface area contributed by atoms with Gasteiger partial charge in [-0.2, -0.15) is 0 Å². The normalized spacial score (nSPS) is 18.8. The fourth-order valence-corrected chi connectivity index (χ4v) is 4.77. The van der Waals surface area contributed by atoms with Crippen LogP contribution in [-0.2, 0) is 10.3 Å². The second-order valence-electron chi connectivity index (χ2n) is 8.64. The SMILES string of the molecule is Cc1cc(C(=O)CN2C(=O)NC(C)(c3cccc4ccccc34)C2=O)c(C)n1C(C)C. The lowest BCUT2D eigenvalue weighted by Gasteiger charge is -2.24. The first kappa shape index (κ1) is 20.8. The zero-order valence-corrected chi connectivity index (χ0v) is 18.5. The molecule has 1 saturated heterocycles. The van der Waals surface area contributed by atoms with Gasteiger partial charge in [0.25, 0.3) is 5.91 Å². The molecule has 0 spiro atoms. The van der Waals surface area contributed by atoms with Gasteiger partial charge >= 0.3 is 6.03 Å². The van der Waals surface area contributed by atoms with Crippen LogP contribution in [0.1, 0.15) is 54.1 Å². The molecule has 0 aliphatic carbocycles. The summed E-state index contributed by atoms with van der Waals surface area (Å²) < 4.78 is 2.08. The van der Waals surface area contributed by atoms with Crippen molar-refractivity contribution in [2.24, 2.45) is 0 Å². The number of nitrogens with one attached hydrogen (secondary N) is 1. The lowest BCUT2D eigenvalue weighted by Crippen LogP contribution is -2.41. The third kappa shape index (κ3) is 3.23. The van der Waals surface area contributed by atoms with Crippen molar-refractivity contribution < 1.29 is 14.4 Å². The highest BCUT2D eigenvalue weighted by molar-refractivity contribution is 6.12. The average molecular weight is 418 g/mol. The number of ketones is 1. The number of benzene rings is 2. The number of fused-ring (bicyclic) bond motifs is 1. The molecule has 1 aliphatic rings. The summed E-state index contributed by atoms with van der Waals surface area (Å²) >= 11 is 0. The van der Waals surface area contributed by atoms with Crippen LogP contribution in [0, 0.1) is 13.8 Å². The molecule has 1 N–H and O–H groups in total. The Bertz CT molecular complexity index is 1220. The molecule has 6 nitrogen and oxygen atoms in total. The van der Waals surface area contributed by atoms with Gasteiger partial charge in [0.05, 0.1) is 6.54 Å². The maximum atomic E-state index is 13.4. The van der Waals surface area contributed by atoms with Crippen molar-refractivity contribution in [1.82, 2.24) is 14.8 Å². The van der Waals surface area contributed by atoms with Gasteiger partial charge in [-0.05, 0) is 57.0 Å². The smallest absolute Gasteiger partial charge is 0.325 e. The molecule has 3 aromatic rings. The minimum Gasteiger partial charge on any atom is -0.346 e. The van der Waals surface area contributed by atoms with Gasteiger partial charge in [0, 0.05) is 23.0 Å². The number of urea groups is 1. The quantitative estimate of drug-likeness (QED) is 0.491. The summed E-state index contributed by atoms with van der Waals surface area (Å²) in [6, 6.07) is 14.9. The molecule has 6 heteroatoms. The first-order valence-corrected chi connectivity index (χ1v) is 10.5.